The molecule has 0 bridgehead atoms. The van der Waals surface area contributed by atoms with Gasteiger partial charge in [-0.15, -0.1) is 0 Å². The summed E-state index contributed by atoms with van der Waals surface area (Å²) in [7, 11) is -3.39. The number of hydrogen-bond donors (Lipinski definition) is 0. The number of hydrogen-bond acceptors (Lipinski definition) is 4. The number of halogens is 1. The van der Waals surface area contributed by atoms with Gasteiger partial charge in [0.1, 0.15) is 0 Å². The third-order valence-electron chi connectivity index (χ3n) is 3.98. The number of benzene rings is 1. The lowest BCUT2D eigenvalue weighted by atomic mass is 9.98. The molecule has 0 aromatic heterocycles. The van der Waals surface area contributed by atoms with Crippen molar-refractivity contribution in [3.63, 3.8) is 0 Å². The fourth-order valence-electron chi connectivity index (χ4n) is 2.79. The molecule has 0 radical (unpaired) electrons. The van der Waals surface area contributed by atoms with Crippen LogP contribution < -0.4 is 0 Å². The highest BCUT2D eigenvalue weighted by molar-refractivity contribution is 9.10. The SMILES string of the molecule is O=S(=O)(c1ccc(Br)cc1)N1CCC(C2OCCO2)CC1. The molecule has 0 atom stereocenters. The van der Waals surface area contributed by atoms with Crippen LogP contribution in [0.1, 0.15) is 12.8 Å². The molecular formula is C14H18BrNO4S. The minimum Gasteiger partial charge on any atom is -0.350 e. The summed E-state index contributed by atoms with van der Waals surface area (Å²) in [6.45, 7) is 2.32. The zero-order valence-electron chi connectivity index (χ0n) is 11.6. The van der Waals surface area contributed by atoms with Crippen LogP contribution in [0.5, 0.6) is 0 Å². The molecule has 1 aromatic carbocycles. The van der Waals surface area contributed by atoms with Crippen LogP contribution in [0, 0.1) is 5.92 Å². The van der Waals surface area contributed by atoms with Gasteiger partial charge in [-0.1, -0.05) is 15.9 Å². The summed E-state index contributed by atoms with van der Waals surface area (Å²) in [5, 5.41) is 0. The van der Waals surface area contributed by atoms with Gasteiger partial charge in [0.25, 0.3) is 0 Å². The Bertz CT molecular complexity index is 575. The van der Waals surface area contributed by atoms with E-state index in [0.717, 1.165) is 17.3 Å². The molecular weight excluding hydrogens is 358 g/mol. The van der Waals surface area contributed by atoms with Gasteiger partial charge in [0.2, 0.25) is 10.0 Å². The molecule has 0 unspecified atom stereocenters. The Morgan fingerprint density at radius 1 is 1.05 bits per heavy atom. The first-order valence-corrected chi connectivity index (χ1v) is 9.29. The highest BCUT2D eigenvalue weighted by Crippen LogP contribution is 2.29. The maximum Gasteiger partial charge on any atom is 0.243 e. The average molecular weight is 376 g/mol. The monoisotopic (exact) mass is 375 g/mol. The lowest BCUT2D eigenvalue weighted by molar-refractivity contribution is -0.0938. The number of rotatable bonds is 3. The second-order valence-electron chi connectivity index (χ2n) is 5.31. The van der Waals surface area contributed by atoms with Gasteiger partial charge < -0.3 is 9.47 Å². The molecule has 0 aliphatic carbocycles. The zero-order valence-corrected chi connectivity index (χ0v) is 14.0. The van der Waals surface area contributed by atoms with Gasteiger partial charge in [0, 0.05) is 23.5 Å². The average Bonchev–Trinajstić information content (AvgIpc) is 3.02. The van der Waals surface area contributed by atoms with E-state index in [0.29, 0.717) is 37.1 Å². The van der Waals surface area contributed by atoms with Gasteiger partial charge in [-0.05, 0) is 37.1 Å². The summed E-state index contributed by atoms with van der Waals surface area (Å²) in [6.07, 6.45) is 1.41. The fraction of sp³-hybridized carbons (Fsp3) is 0.571. The number of nitrogens with zero attached hydrogens (tertiary/aromatic N) is 1. The molecule has 0 N–H and O–H groups in total. The van der Waals surface area contributed by atoms with Crippen LogP contribution in [0.4, 0.5) is 0 Å². The van der Waals surface area contributed by atoms with Gasteiger partial charge in [-0.2, -0.15) is 4.31 Å². The van der Waals surface area contributed by atoms with E-state index in [9.17, 15) is 8.42 Å². The molecule has 2 heterocycles. The van der Waals surface area contributed by atoms with Gasteiger partial charge >= 0.3 is 0 Å². The van der Waals surface area contributed by atoms with E-state index in [-0.39, 0.29) is 6.29 Å². The molecule has 2 aliphatic rings. The highest BCUT2D eigenvalue weighted by Gasteiger charge is 2.34. The zero-order chi connectivity index (χ0) is 14.9. The van der Waals surface area contributed by atoms with E-state index < -0.39 is 10.0 Å². The number of ether oxygens (including phenoxy) is 2. The van der Waals surface area contributed by atoms with Crippen LogP contribution in [0.25, 0.3) is 0 Å². The largest absolute Gasteiger partial charge is 0.350 e. The molecule has 2 fully saturated rings. The van der Waals surface area contributed by atoms with E-state index in [1.807, 2.05) is 0 Å². The maximum absolute atomic E-state index is 12.6. The Balaban J connectivity index is 1.66. The van der Waals surface area contributed by atoms with Gasteiger partial charge in [0.05, 0.1) is 18.1 Å². The predicted octanol–water partition coefficient (Wildman–Crippen LogP) is 2.22. The topological polar surface area (TPSA) is 55.8 Å². The molecule has 5 nitrogen and oxygen atoms in total. The first kappa shape index (κ1) is 15.4. The first-order chi connectivity index (χ1) is 10.1. The quantitative estimate of drug-likeness (QED) is 0.812. The summed E-state index contributed by atoms with van der Waals surface area (Å²) in [5.41, 5.74) is 0. The van der Waals surface area contributed by atoms with Crippen molar-refractivity contribution < 1.29 is 17.9 Å². The predicted molar refractivity (Wildman–Crippen MR) is 81.3 cm³/mol. The van der Waals surface area contributed by atoms with E-state index in [1.54, 1.807) is 28.6 Å². The number of sulfonamides is 1. The molecule has 7 heteroatoms. The van der Waals surface area contributed by atoms with E-state index in [1.165, 1.54) is 0 Å². The molecule has 1 aromatic rings. The molecule has 0 saturated carbocycles. The molecule has 21 heavy (non-hydrogen) atoms. The maximum atomic E-state index is 12.6. The van der Waals surface area contributed by atoms with E-state index in [2.05, 4.69) is 15.9 Å². The number of piperidine rings is 1. The van der Waals surface area contributed by atoms with E-state index >= 15 is 0 Å². The first-order valence-electron chi connectivity index (χ1n) is 7.06. The van der Waals surface area contributed by atoms with Crippen molar-refractivity contribution >= 4 is 26.0 Å². The lowest BCUT2D eigenvalue weighted by Gasteiger charge is -2.33. The van der Waals surface area contributed by atoms with Crippen LogP contribution in [0.15, 0.2) is 33.6 Å². The lowest BCUT2D eigenvalue weighted by Crippen LogP contribution is -2.41. The Kier molecular flexibility index (Phi) is 4.66. The Morgan fingerprint density at radius 3 is 2.19 bits per heavy atom. The molecule has 0 spiro atoms. The second-order valence-corrected chi connectivity index (χ2v) is 8.16. The molecule has 2 saturated heterocycles. The Labute approximate surface area is 133 Å². The van der Waals surface area contributed by atoms with Crippen molar-refractivity contribution in [2.45, 2.75) is 24.0 Å². The van der Waals surface area contributed by atoms with Crippen LogP contribution in [0.2, 0.25) is 0 Å². The summed E-state index contributed by atoms with van der Waals surface area (Å²) in [4.78, 5) is 0.345. The third-order valence-corrected chi connectivity index (χ3v) is 6.42. The molecule has 116 valence electrons. The van der Waals surface area contributed by atoms with Gasteiger partial charge in [-0.3, -0.25) is 0 Å². The smallest absolute Gasteiger partial charge is 0.243 e. The van der Waals surface area contributed by atoms with Crippen LogP contribution in [-0.4, -0.2) is 45.3 Å². The molecule has 0 amide bonds. The van der Waals surface area contributed by atoms with Crippen molar-refractivity contribution in [3.05, 3.63) is 28.7 Å². The van der Waals surface area contributed by atoms with Crippen LogP contribution in [-0.2, 0) is 19.5 Å². The third kappa shape index (κ3) is 3.32. The molecule has 2 aliphatic heterocycles. The van der Waals surface area contributed by atoms with E-state index in [4.69, 9.17) is 9.47 Å². The molecule has 3 rings (SSSR count). The normalized spacial score (nSPS) is 22.7. The second kappa shape index (κ2) is 6.34. The Hall–Kier alpha value is -0.470. The van der Waals surface area contributed by atoms with Gasteiger partial charge in [0.15, 0.2) is 6.29 Å². The van der Waals surface area contributed by atoms with Crippen molar-refractivity contribution in [2.24, 2.45) is 5.92 Å². The van der Waals surface area contributed by atoms with Crippen molar-refractivity contribution in [3.8, 4) is 0 Å². The van der Waals surface area contributed by atoms with Crippen molar-refractivity contribution in [2.75, 3.05) is 26.3 Å². The minimum absolute atomic E-state index is 0.150. The minimum atomic E-state index is -3.39. The summed E-state index contributed by atoms with van der Waals surface area (Å²) in [5.74, 6) is 0.295. The Morgan fingerprint density at radius 2 is 1.62 bits per heavy atom. The van der Waals surface area contributed by atoms with Crippen molar-refractivity contribution in [1.82, 2.24) is 4.31 Å². The van der Waals surface area contributed by atoms with Gasteiger partial charge in [-0.25, -0.2) is 8.42 Å². The summed E-state index contributed by atoms with van der Waals surface area (Å²) < 4.78 is 38.6. The highest BCUT2D eigenvalue weighted by atomic mass is 79.9. The van der Waals surface area contributed by atoms with Crippen LogP contribution in [0.3, 0.4) is 0 Å². The fourth-order valence-corrected chi connectivity index (χ4v) is 4.53. The standard InChI is InChI=1S/C14H18BrNO4S/c15-12-1-3-13(4-2-12)21(17,18)16-7-5-11(6-8-16)14-19-9-10-20-14/h1-4,11,14H,5-10H2. The summed E-state index contributed by atoms with van der Waals surface area (Å²) >= 11 is 3.32. The summed E-state index contributed by atoms with van der Waals surface area (Å²) in [6, 6.07) is 6.77. The van der Waals surface area contributed by atoms with Crippen LogP contribution >= 0.6 is 15.9 Å². The van der Waals surface area contributed by atoms with Crippen molar-refractivity contribution in [1.29, 1.82) is 0 Å².